The summed E-state index contributed by atoms with van der Waals surface area (Å²) in [5, 5.41) is 9.34. The molecule has 6 aromatic rings. The van der Waals surface area contributed by atoms with Gasteiger partial charge in [-0.25, -0.2) is 0 Å². The molecule has 0 saturated heterocycles. The first-order valence-corrected chi connectivity index (χ1v) is 16.9. The number of allylic oxidation sites excluding steroid dienone is 2. The van der Waals surface area contributed by atoms with E-state index < -0.39 is 0 Å². The zero-order chi connectivity index (χ0) is 33.9. The Labute approximate surface area is 286 Å². The van der Waals surface area contributed by atoms with Crippen LogP contribution in [0.5, 0.6) is 0 Å². The van der Waals surface area contributed by atoms with Gasteiger partial charge in [0.2, 0.25) is 0 Å². The Morgan fingerprint density at radius 3 is 2.15 bits per heavy atom. The molecule has 0 radical (unpaired) electrons. The first kappa shape index (κ1) is 34.2. The van der Waals surface area contributed by atoms with Crippen LogP contribution in [0.15, 0.2) is 151 Å². The molecule has 0 bridgehead atoms. The van der Waals surface area contributed by atoms with Crippen LogP contribution < -0.4 is 16.4 Å². The molecule has 5 aromatic carbocycles. The monoisotopic (exact) mass is 632 g/mol. The number of nitrogens with two attached hydrogens (primary N) is 1. The quantitative estimate of drug-likeness (QED) is 0.154. The van der Waals surface area contributed by atoms with Gasteiger partial charge in [0.1, 0.15) is 0 Å². The average Bonchev–Trinajstić information content (AvgIpc) is 3.45. The molecule has 0 fully saturated rings. The summed E-state index contributed by atoms with van der Waals surface area (Å²) in [5.74, 6) is 0. The van der Waals surface area contributed by atoms with Crippen molar-refractivity contribution in [2.75, 3.05) is 13.2 Å². The van der Waals surface area contributed by atoms with Crippen LogP contribution in [0.25, 0.3) is 38.5 Å². The topological polar surface area (TPSA) is 55.0 Å². The number of aromatic nitrogens is 1. The molecule has 244 valence electrons. The van der Waals surface area contributed by atoms with Gasteiger partial charge in [0, 0.05) is 36.6 Å². The van der Waals surface area contributed by atoms with E-state index >= 15 is 0 Å². The lowest BCUT2D eigenvalue weighted by Crippen LogP contribution is -2.26. The Balaban J connectivity index is 0.000000179. The van der Waals surface area contributed by atoms with E-state index in [1.165, 1.54) is 66.3 Å². The summed E-state index contributed by atoms with van der Waals surface area (Å²) in [7, 11) is 2.17. The third kappa shape index (κ3) is 7.52. The summed E-state index contributed by atoms with van der Waals surface area (Å²) in [5.41, 5.74) is 18.6. The third-order valence-corrected chi connectivity index (χ3v) is 8.82. The number of rotatable bonds is 7. The van der Waals surface area contributed by atoms with Crippen LogP contribution in [0.1, 0.15) is 42.1 Å². The van der Waals surface area contributed by atoms with Crippen molar-refractivity contribution in [2.24, 2.45) is 12.8 Å². The van der Waals surface area contributed by atoms with Crippen molar-refractivity contribution in [2.45, 2.75) is 33.7 Å². The van der Waals surface area contributed by atoms with Gasteiger partial charge in [0.15, 0.2) is 0 Å². The second-order valence-corrected chi connectivity index (χ2v) is 11.7. The van der Waals surface area contributed by atoms with Crippen molar-refractivity contribution in [3.05, 3.63) is 174 Å². The van der Waals surface area contributed by atoms with E-state index in [1.54, 1.807) is 0 Å². The van der Waals surface area contributed by atoms with Crippen LogP contribution in [0, 0.1) is 13.8 Å². The fourth-order valence-corrected chi connectivity index (χ4v) is 6.51. The van der Waals surface area contributed by atoms with Crippen molar-refractivity contribution in [1.82, 2.24) is 15.2 Å². The molecule has 2 heterocycles. The SMILES string of the molecule is CC.Cc1ccccc1-c1ccc2c3ccccc3n(C)c2c1C.NCNC(/C=C(\C1=CC=CNC1)c1ccccc1)c1ccccc1. The Kier molecular flexibility index (Phi) is 11.8. The van der Waals surface area contributed by atoms with Gasteiger partial charge < -0.3 is 15.6 Å². The smallest absolute Gasteiger partial charge is 0.0525 e. The Bertz CT molecular complexity index is 2030. The maximum Gasteiger partial charge on any atom is 0.0525 e. The molecule has 1 aromatic heterocycles. The van der Waals surface area contributed by atoms with Crippen molar-refractivity contribution in [3.63, 3.8) is 0 Å². The lowest BCUT2D eigenvalue weighted by atomic mass is 9.92. The molecular weight excluding hydrogens is 585 g/mol. The van der Waals surface area contributed by atoms with Crippen molar-refractivity contribution in [3.8, 4) is 11.1 Å². The summed E-state index contributed by atoms with van der Waals surface area (Å²) in [6, 6.07) is 42.7. The minimum atomic E-state index is 0.0678. The summed E-state index contributed by atoms with van der Waals surface area (Å²) < 4.78 is 2.32. The summed E-state index contributed by atoms with van der Waals surface area (Å²) in [4.78, 5) is 0. The van der Waals surface area contributed by atoms with Crippen LogP contribution in [0.4, 0.5) is 0 Å². The van der Waals surface area contributed by atoms with E-state index in [0.29, 0.717) is 6.67 Å². The van der Waals surface area contributed by atoms with E-state index in [-0.39, 0.29) is 6.04 Å². The number of dihydropyridines is 1. The van der Waals surface area contributed by atoms with Crippen molar-refractivity contribution in [1.29, 1.82) is 0 Å². The molecule has 1 atom stereocenters. The van der Waals surface area contributed by atoms with Crippen molar-refractivity contribution >= 4 is 27.4 Å². The minimum Gasteiger partial charge on any atom is -0.387 e. The van der Waals surface area contributed by atoms with Crippen LogP contribution in [0.2, 0.25) is 0 Å². The summed E-state index contributed by atoms with van der Waals surface area (Å²) in [6.07, 6.45) is 8.45. The van der Waals surface area contributed by atoms with Crippen molar-refractivity contribution < 1.29 is 0 Å². The number of nitrogens with one attached hydrogen (secondary N) is 2. The van der Waals surface area contributed by atoms with Gasteiger partial charge in [-0.05, 0) is 76.7 Å². The number of benzene rings is 5. The Morgan fingerprint density at radius 1 is 0.792 bits per heavy atom. The number of fused-ring (bicyclic) bond motifs is 3. The molecule has 0 amide bonds. The Hall–Kier alpha value is -5.16. The van der Waals surface area contributed by atoms with Crippen LogP contribution in [0.3, 0.4) is 0 Å². The standard InChI is InChI=1S/C21H23N3.C21H19N.C2H6/c22-16-24-21(18-10-5-2-6-11-18)14-20(17-8-3-1-4-9-17)19-12-7-13-23-15-19;1-14-8-4-5-9-16(14)17-12-13-19-18-10-6-7-11-20(18)22(3)21(19)15(17)2;1-2/h1-14,21,23-24H,15-16,22H2;4-13H,1-3H3;1-2H3/b20-14-;;. The molecule has 0 spiro atoms. The molecule has 1 aliphatic heterocycles. The Morgan fingerprint density at radius 2 is 1.46 bits per heavy atom. The molecule has 4 heteroatoms. The molecule has 0 aliphatic carbocycles. The lowest BCUT2D eigenvalue weighted by Gasteiger charge is -2.20. The first-order valence-electron chi connectivity index (χ1n) is 16.9. The minimum absolute atomic E-state index is 0.0678. The largest absolute Gasteiger partial charge is 0.387 e. The first-order chi connectivity index (χ1) is 23.6. The number of para-hydroxylation sites is 1. The average molecular weight is 633 g/mol. The van der Waals surface area contributed by atoms with Crippen LogP contribution in [-0.4, -0.2) is 17.8 Å². The molecule has 0 saturated carbocycles. The molecule has 48 heavy (non-hydrogen) atoms. The summed E-state index contributed by atoms with van der Waals surface area (Å²) >= 11 is 0. The highest BCUT2D eigenvalue weighted by atomic mass is 15.0. The highest BCUT2D eigenvalue weighted by molar-refractivity contribution is 6.10. The number of aryl methyl sites for hydroxylation is 3. The molecule has 1 aliphatic rings. The van der Waals surface area contributed by atoms with E-state index in [2.05, 4.69) is 157 Å². The fraction of sp³-hybridized carbons (Fsp3) is 0.182. The maximum absolute atomic E-state index is 5.78. The number of hydrogen-bond donors (Lipinski definition) is 3. The zero-order valence-electron chi connectivity index (χ0n) is 28.9. The normalized spacial score (nSPS) is 13.1. The zero-order valence-corrected chi connectivity index (χ0v) is 28.9. The van der Waals surface area contributed by atoms with E-state index in [1.807, 2.05) is 38.3 Å². The molecule has 4 N–H and O–H groups in total. The highest BCUT2D eigenvalue weighted by Crippen LogP contribution is 2.36. The van der Waals surface area contributed by atoms with E-state index in [9.17, 15) is 0 Å². The predicted molar refractivity (Wildman–Crippen MR) is 208 cm³/mol. The molecule has 7 rings (SSSR count). The van der Waals surface area contributed by atoms with Gasteiger partial charge in [-0.15, -0.1) is 0 Å². The fourth-order valence-electron chi connectivity index (χ4n) is 6.51. The van der Waals surface area contributed by atoms with Gasteiger partial charge in [-0.3, -0.25) is 5.32 Å². The second kappa shape index (κ2) is 16.6. The predicted octanol–water partition coefficient (Wildman–Crippen LogP) is 10.0. The maximum atomic E-state index is 5.78. The van der Waals surface area contributed by atoms with E-state index in [0.717, 1.165) is 6.54 Å². The van der Waals surface area contributed by atoms with E-state index in [4.69, 9.17) is 5.73 Å². The van der Waals surface area contributed by atoms with Gasteiger partial charge in [-0.2, -0.15) is 0 Å². The van der Waals surface area contributed by atoms with Crippen LogP contribution >= 0.6 is 0 Å². The lowest BCUT2D eigenvalue weighted by molar-refractivity contribution is 0.636. The van der Waals surface area contributed by atoms with Gasteiger partial charge in [0.25, 0.3) is 0 Å². The molecular formula is C44H48N4. The third-order valence-electron chi connectivity index (χ3n) is 8.82. The number of nitrogens with zero attached hydrogens (tertiary/aromatic N) is 1. The van der Waals surface area contributed by atoms with Gasteiger partial charge in [-0.1, -0.05) is 141 Å². The van der Waals surface area contributed by atoms with Crippen LogP contribution in [-0.2, 0) is 7.05 Å². The summed E-state index contributed by atoms with van der Waals surface area (Å²) in [6.45, 7) is 9.67. The second-order valence-electron chi connectivity index (χ2n) is 11.7. The number of hydrogen-bond acceptors (Lipinski definition) is 3. The highest BCUT2D eigenvalue weighted by Gasteiger charge is 2.15. The molecule has 4 nitrogen and oxygen atoms in total. The molecule has 1 unspecified atom stereocenters. The van der Waals surface area contributed by atoms with Gasteiger partial charge in [0.05, 0.1) is 11.6 Å². The van der Waals surface area contributed by atoms with Gasteiger partial charge >= 0.3 is 0 Å².